The van der Waals surface area contributed by atoms with Gasteiger partial charge in [0.1, 0.15) is 11.6 Å². The van der Waals surface area contributed by atoms with Crippen molar-refractivity contribution in [1.82, 2.24) is 9.97 Å². The van der Waals surface area contributed by atoms with Gasteiger partial charge in [0.2, 0.25) is 0 Å². The summed E-state index contributed by atoms with van der Waals surface area (Å²) in [5.41, 5.74) is 0.708. The Hall–Kier alpha value is -1.85. The van der Waals surface area contributed by atoms with Crippen molar-refractivity contribution in [1.29, 1.82) is 0 Å². The summed E-state index contributed by atoms with van der Waals surface area (Å²) in [6, 6.07) is 9.59. The lowest BCUT2D eigenvalue weighted by Crippen LogP contribution is -2.47. The molecule has 1 N–H and O–H groups in total. The Bertz CT molecular complexity index is 624. The molecule has 2 aromatic heterocycles. The number of aliphatic hydroxyl groups excluding tert-OH is 1. The van der Waals surface area contributed by atoms with E-state index in [0.717, 1.165) is 37.8 Å². The first-order chi connectivity index (χ1) is 10.6. The zero-order chi connectivity index (χ0) is 15.5. The fourth-order valence-electron chi connectivity index (χ4n) is 2.57. The van der Waals surface area contributed by atoms with Crippen molar-refractivity contribution in [2.75, 3.05) is 36.0 Å². The van der Waals surface area contributed by atoms with E-state index in [1.165, 1.54) is 0 Å². The van der Waals surface area contributed by atoms with Crippen LogP contribution in [-0.4, -0.2) is 41.3 Å². The predicted octanol–water partition coefficient (Wildman–Crippen LogP) is 2.51. The molecule has 0 radical (unpaired) electrons. The highest BCUT2D eigenvalue weighted by molar-refractivity contribution is 6.30. The van der Waals surface area contributed by atoms with Crippen molar-refractivity contribution in [2.24, 2.45) is 0 Å². The van der Waals surface area contributed by atoms with Crippen molar-refractivity contribution in [3.8, 4) is 0 Å². The van der Waals surface area contributed by atoms with Gasteiger partial charge in [-0.15, -0.1) is 0 Å². The van der Waals surface area contributed by atoms with Gasteiger partial charge in [0.25, 0.3) is 0 Å². The summed E-state index contributed by atoms with van der Waals surface area (Å²) in [7, 11) is 0. The molecule has 3 rings (SSSR count). The molecule has 2 aromatic rings. The number of pyridine rings is 2. The molecule has 0 spiro atoms. The predicted molar refractivity (Wildman–Crippen MR) is 88.5 cm³/mol. The van der Waals surface area contributed by atoms with Gasteiger partial charge in [-0.05, 0) is 31.2 Å². The lowest BCUT2D eigenvalue weighted by molar-refractivity contribution is 0.194. The number of piperazine rings is 1. The number of halogens is 1. The van der Waals surface area contributed by atoms with Crippen LogP contribution in [0.2, 0.25) is 5.02 Å². The van der Waals surface area contributed by atoms with E-state index >= 15 is 0 Å². The maximum Gasteiger partial charge on any atom is 0.129 e. The minimum atomic E-state index is -0.542. The molecule has 1 aliphatic heterocycles. The van der Waals surface area contributed by atoms with Crippen molar-refractivity contribution in [3.63, 3.8) is 0 Å². The van der Waals surface area contributed by atoms with Crippen LogP contribution in [-0.2, 0) is 0 Å². The number of nitrogens with zero attached hydrogens (tertiary/aromatic N) is 4. The molecule has 1 aliphatic rings. The van der Waals surface area contributed by atoms with Crippen LogP contribution in [0, 0.1) is 0 Å². The summed E-state index contributed by atoms with van der Waals surface area (Å²) in [6.45, 7) is 5.25. The number of aromatic nitrogens is 2. The summed E-state index contributed by atoms with van der Waals surface area (Å²) in [4.78, 5) is 13.4. The largest absolute Gasteiger partial charge is 0.387 e. The third-order valence-electron chi connectivity index (χ3n) is 3.82. The Morgan fingerprint density at radius 3 is 2.32 bits per heavy atom. The maximum atomic E-state index is 9.65. The van der Waals surface area contributed by atoms with Gasteiger partial charge in [-0.25, -0.2) is 9.97 Å². The van der Waals surface area contributed by atoms with Gasteiger partial charge in [-0.2, -0.15) is 0 Å². The Morgan fingerprint density at radius 2 is 1.73 bits per heavy atom. The SMILES string of the molecule is C[C@@H](O)c1cccc(N2CCN(c3ccc(Cl)cn3)CC2)n1. The fraction of sp³-hybridized carbons (Fsp3) is 0.375. The van der Waals surface area contributed by atoms with E-state index < -0.39 is 6.10 Å². The zero-order valence-electron chi connectivity index (χ0n) is 12.5. The normalized spacial score (nSPS) is 16.7. The average molecular weight is 319 g/mol. The highest BCUT2D eigenvalue weighted by Crippen LogP contribution is 2.20. The monoisotopic (exact) mass is 318 g/mol. The van der Waals surface area contributed by atoms with Gasteiger partial charge in [-0.1, -0.05) is 17.7 Å². The van der Waals surface area contributed by atoms with Crippen LogP contribution in [0.3, 0.4) is 0 Å². The van der Waals surface area contributed by atoms with Crippen molar-refractivity contribution < 1.29 is 5.11 Å². The van der Waals surface area contributed by atoms with Crippen molar-refractivity contribution >= 4 is 23.2 Å². The Balaban J connectivity index is 1.66. The van der Waals surface area contributed by atoms with Gasteiger partial charge in [0.05, 0.1) is 16.8 Å². The van der Waals surface area contributed by atoms with Gasteiger partial charge in [0.15, 0.2) is 0 Å². The van der Waals surface area contributed by atoms with Crippen LogP contribution in [0.4, 0.5) is 11.6 Å². The molecule has 0 amide bonds. The molecule has 5 nitrogen and oxygen atoms in total. The average Bonchev–Trinajstić information content (AvgIpc) is 2.56. The number of rotatable bonds is 3. The molecular weight excluding hydrogens is 300 g/mol. The standard InChI is InChI=1S/C16H19ClN4O/c1-12(22)14-3-2-4-16(19-14)21-9-7-20(8-10-21)15-6-5-13(17)11-18-15/h2-6,11-12,22H,7-10H2,1H3/t12-/m1/s1. The minimum Gasteiger partial charge on any atom is -0.387 e. The molecule has 0 saturated carbocycles. The van der Waals surface area contributed by atoms with E-state index in [1.807, 2.05) is 30.3 Å². The lowest BCUT2D eigenvalue weighted by atomic mass is 10.2. The van der Waals surface area contributed by atoms with E-state index in [2.05, 4.69) is 19.8 Å². The summed E-state index contributed by atoms with van der Waals surface area (Å²) in [5.74, 6) is 1.87. The molecule has 22 heavy (non-hydrogen) atoms. The van der Waals surface area contributed by atoms with Crippen molar-refractivity contribution in [3.05, 3.63) is 47.2 Å². The highest BCUT2D eigenvalue weighted by Gasteiger charge is 2.19. The molecule has 0 unspecified atom stereocenters. The minimum absolute atomic E-state index is 0.542. The van der Waals surface area contributed by atoms with Gasteiger partial charge in [0, 0.05) is 32.4 Å². The molecule has 116 valence electrons. The summed E-state index contributed by atoms with van der Waals surface area (Å²) < 4.78 is 0. The molecule has 1 saturated heterocycles. The highest BCUT2D eigenvalue weighted by atomic mass is 35.5. The quantitative estimate of drug-likeness (QED) is 0.942. The molecule has 1 atom stereocenters. The second-order valence-electron chi connectivity index (χ2n) is 5.41. The summed E-state index contributed by atoms with van der Waals surface area (Å²) >= 11 is 5.88. The van der Waals surface area contributed by atoms with Crippen LogP contribution >= 0.6 is 11.6 Å². The Morgan fingerprint density at radius 1 is 1.05 bits per heavy atom. The first-order valence-electron chi connectivity index (χ1n) is 7.40. The number of aliphatic hydroxyl groups is 1. The molecule has 1 fully saturated rings. The summed E-state index contributed by atoms with van der Waals surface area (Å²) in [5, 5.41) is 10.3. The van der Waals surface area contributed by atoms with Crippen LogP contribution in [0.5, 0.6) is 0 Å². The second kappa shape index (κ2) is 6.50. The molecule has 0 aromatic carbocycles. The Kier molecular flexibility index (Phi) is 4.45. The maximum absolute atomic E-state index is 9.65. The van der Waals surface area contributed by atoms with E-state index in [-0.39, 0.29) is 0 Å². The fourth-order valence-corrected chi connectivity index (χ4v) is 2.68. The number of anilines is 2. The first kappa shape index (κ1) is 15.1. The number of hydrogen-bond acceptors (Lipinski definition) is 5. The second-order valence-corrected chi connectivity index (χ2v) is 5.84. The van der Waals surface area contributed by atoms with Crippen molar-refractivity contribution in [2.45, 2.75) is 13.0 Å². The van der Waals surface area contributed by atoms with E-state index in [1.54, 1.807) is 13.1 Å². The first-order valence-corrected chi connectivity index (χ1v) is 7.78. The van der Waals surface area contributed by atoms with Gasteiger partial charge < -0.3 is 14.9 Å². The molecular formula is C16H19ClN4O. The van der Waals surface area contributed by atoms with Gasteiger partial charge in [-0.3, -0.25) is 0 Å². The van der Waals surface area contributed by atoms with Crippen LogP contribution in [0.15, 0.2) is 36.5 Å². The lowest BCUT2D eigenvalue weighted by Gasteiger charge is -2.36. The summed E-state index contributed by atoms with van der Waals surface area (Å²) in [6.07, 6.45) is 1.14. The van der Waals surface area contributed by atoms with Crippen LogP contribution in [0.25, 0.3) is 0 Å². The van der Waals surface area contributed by atoms with E-state index in [9.17, 15) is 5.11 Å². The smallest absolute Gasteiger partial charge is 0.129 e. The molecule has 0 bridgehead atoms. The molecule has 6 heteroatoms. The van der Waals surface area contributed by atoms with Gasteiger partial charge >= 0.3 is 0 Å². The number of hydrogen-bond donors (Lipinski definition) is 1. The van der Waals surface area contributed by atoms with E-state index in [0.29, 0.717) is 10.7 Å². The van der Waals surface area contributed by atoms with Crippen LogP contribution in [0.1, 0.15) is 18.7 Å². The molecule has 0 aliphatic carbocycles. The third-order valence-corrected chi connectivity index (χ3v) is 4.05. The zero-order valence-corrected chi connectivity index (χ0v) is 13.2. The third kappa shape index (κ3) is 3.31. The topological polar surface area (TPSA) is 52.5 Å². The van der Waals surface area contributed by atoms with E-state index in [4.69, 9.17) is 11.6 Å². The Labute approximate surface area is 135 Å². The van der Waals surface area contributed by atoms with Crippen LogP contribution < -0.4 is 9.80 Å². The molecule has 3 heterocycles.